The Morgan fingerprint density at radius 2 is 1.53 bits per heavy atom. The average molecular weight is 860 g/mol. The lowest BCUT2D eigenvalue weighted by Crippen LogP contribution is -2.40. The van der Waals surface area contributed by atoms with E-state index in [1.165, 1.54) is 36.4 Å². The maximum absolute atomic E-state index is 13.2. The molecule has 0 radical (unpaired) electrons. The van der Waals surface area contributed by atoms with Gasteiger partial charge in [-0.3, -0.25) is 9.59 Å². The molecule has 14 nitrogen and oxygen atoms in total. The number of aromatic nitrogens is 1. The van der Waals surface area contributed by atoms with Crippen molar-refractivity contribution in [3.8, 4) is 17.2 Å². The zero-order valence-corrected chi connectivity index (χ0v) is 33.8. The SMILES string of the molecule is CC(C)(C)OC(=O)N(c1ccc(COC(=O)CC(=O)O[C@@H](Cc2c(Cl)c[n+]([O-])cc2Cl)c2ccc(OC(F)F)c(OCC3CC3)c2)cc1OCC1CC1)S(C)(=O)=O. The lowest BCUT2D eigenvalue weighted by atomic mass is 10.0. The summed E-state index contributed by atoms with van der Waals surface area (Å²) in [5.41, 5.74) is -0.284. The van der Waals surface area contributed by atoms with Crippen LogP contribution in [0.4, 0.5) is 19.3 Å². The summed E-state index contributed by atoms with van der Waals surface area (Å²) in [5.74, 6) is -1.76. The van der Waals surface area contributed by atoms with Gasteiger partial charge in [-0.1, -0.05) is 35.3 Å². The topological polar surface area (TPSA) is 171 Å². The first-order chi connectivity index (χ1) is 26.8. The van der Waals surface area contributed by atoms with E-state index in [-0.39, 0.29) is 82.2 Å². The molecule has 2 aromatic carbocycles. The second kappa shape index (κ2) is 18.3. The van der Waals surface area contributed by atoms with Crippen molar-refractivity contribution >= 4 is 56.9 Å². The number of ether oxygens (including phenoxy) is 6. The van der Waals surface area contributed by atoms with E-state index < -0.39 is 52.8 Å². The molecule has 2 aliphatic rings. The van der Waals surface area contributed by atoms with E-state index in [4.69, 9.17) is 46.9 Å². The molecule has 0 spiro atoms. The van der Waals surface area contributed by atoms with Gasteiger partial charge in [0.1, 0.15) is 46.2 Å². The van der Waals surface area contributed by atoms with Gasteiger partial charge in [-0.05, 0) is 93.7 Å². The van der Waals surface area contributed by atoms with Crippen molar-refractivity contribution in [2.45, 2.75) is 84.2 Å². The minimum Gasteiger partial charge on any atom is -0.619 e. The molecule has 0 saturated heterocycles. The Hall–Kier alpha value is -4.61. The average Bonchev–Trinajstić information content (AvgIpc) is 4.02. The molecule has 57 heavy (non-hydrogen) atoms. The van der Waals surface area contributed by atoms with Gasteiger partial charge in [0.15, 0.2) is 23.9 Å². The van der Waals surface area contributed by atoms with Gasteiger partial charge in [0.2, 0.25) is 10.0 Å². The normalized spacial score (nSPS) is 14.8. The highest BCUT2D eigenvalue weighted by Gasteiger charge is 2.34. The van der Waals surface area contributed by atoms with Crippen molar-refractivity contribution < 1.29 is 64.7 Å². The standard InChI is InChI=1S/C38H42Cl2F2N2O12S/c1-38(2,3)56-37(47)44(57(4,49)50)29-11-9-24(13-32(29)51-19-22-5-6-22)21-53-34(45)16-35(46)54-31(15-26-27(39)17-43(48)18-28(26)40)25-10-12-30(55-36(41)42)33(14-25)52-20-23-7-8-23/h9-14,17-18,22-23,31,36H,5-8,15-16,19-21H2,1-4H3/t31-/m0/s1. The second-order valence-electron chi connectivity index (χ2n) is 14.7. The number of halogens is 4. The van der Waals surface area contributed by atoms with Crippen molar-refractivity contribution in [2.24, 2.45) is 11.8 Å². The zero-order chi connectivity index (χ0) is 41.7. The number of pyridine rings is 1. The summed E-state index contributed by atoms with van der Waals surface area (Å²) in [6.07, 6.45) is 3.22. The van der Waals surface area contributed by atoms with Crippen molar-refractivity contribution in [2.75, 3.05) is 23.8 Å². The molecule has 1 atom stereocenters. The van der Waals surface area contributed by atoms with Crippen molar-refractivity contribution in [3.63, 3.8) is 0 Å². The van der Waals surface area contributed by atoms with E-state index in [2.05, 4.69) is 4.74 Å². The summed E-state index contributed by atoms with van der Waals surface area (Å²) < 4.78 is 85.7. The van der Waals surface area contributed by atoms with Crippen LogP contribution >= 0.6 is 23.2 Å². The monoisotopic (exact) mass is 858 g/mol. The number of hydrogen-bond donors (Lipinski definition) is 0. The molecule has 1 aromatic heterocycles. The third-order valence-electron chi connectivity index (χ3n) is 8.44. The largest absolute Gasteiger partial charge is 0.619 e. The molecule has 2 aliphatic carbocycles. The van der Waals surface area contributed by atoms with Crippen molar-refractivity contribution in [1.29, 1.82) is 0 Å². The number of amides is 1. The van der Waals surface area contributed by atoms with Crippen LogP contribution in [0.3, 0.4) is 0 Å². The predicted molar refractivity (Wildman–Crippen MR) is 202 cm³/mol. The number of rotatable bonds is 18. The number of nitrogens with zero attached hydrogens (tertiary/aromatic N) is 2. The van der Waals surface area contributed by atoms with Crippen molar-refractivity contribution in [3.05, 3.63) is 80.7 Å². The van der Waals surface area contributed by atoms with Crippen LogP contribution in [0.1, 0.15) is 75.7 Å². The van der Waals surface area contributed by atoms with Crippen molar-refractivity contribution in [1.82, 2.24) is 0 Å². The maximum Gasteiger partial charge on any atom is 0.429 e. The van der Waals surface area contributed by atoms with Gasteiger partial charge in [-0.15, -0.1) is 0 Å². The second-order valence-corrected chi connectivity index (χ2v) is 17.4. The lowest BCUT2D eigenvalue weighted by Gasteiger charge is -2.27. The van der Waals surface area contributed by atoms with Gasteiger partial charge < -0.3 is 33.6 Å². The van der Waals surface area contributed by atoms with E-state index in [1.807, 2.05) is 0 Å². The predicted octanol–water partition coefficient (Wildman–Crippen LogP) is 7.47. The first kappa shape index (κ1) is 43.5. The third kappa shape index (κ3) is 13.2. The van der Waals surface area contributed by atoms with Gasteiger partial charge in [0.25, 0.3) is 0 Å². The van der Waals surface area contributed by atoms with Crippen LogP contribution in [-0.4, -0.2) is 58.1 Å². The van der Waals surface area contributed by atoms with Gasteiger partial charge in [-0.2, -0.15) is 17.8 Å². The Morgan fingerprint density at radius 3 is 2.09 bits per heavy atom. The molecular formula is C38H42Cl2F2N2O12S. The molecule has 2 saturated carbocycles. The molecule has 5 rings (SSSR count). The highest BCUT2D eigenvalue weighted by Crippen LogP contribution is 2.39. The fraction of sp³-hybridized carbons (Fsp3) is 0.474. The Kier molecular flexibility index (Phi) is 14.0. The Balaban J connectivity index is 1.32. The first-order valence-electron chi connectivity index (χ1n) is 17.9. The van der Waals surface area contributed by atoms with E-state index in [1.54, 1.807) is 20.8 Å². The third-order valence-corrected chi connectivity index (χ3v) is 10.1. The molecule has 1 amide bonds. The molecule has 0 bridgehead atoms. The van der Waals surface area contributed by atoms with Crippen LogP contribution in [0.25, 0.3) is 0 Å². The van der Waals surface area contributed by atoms with Crippen LogP contribution in [0.2, 0.25) is 10.0 Å². The van der Waals surface area contributed by atoms with Crippen LogP contribution in [0.5, 0.6) is 17.2 Å². The van der Waals surface area contributed by atoms with Crippen LogP contribution < -0.4 is 23.2 Å². The highest BCUT2D eigenvalue weighted by molar-refractivity contribution is 7.92. The molecule has 3 aromatic rings. The van der Waals surface area contributed by atoms with Crippen LogP contribution in [0, 0.1) is 17.0 Å². The number of benzene rings is 2. The minimum atomic E-state index is -4.19. The minimum absolute atomic E-state index is 0.0277. The molecule has 1 heterocycles. The van der Waals surface area contributed by atoms with Crippen LogP contribution in [0.15, 0.2) is 48.8 Å². The van der Waals surface area contributed by atoms with Gasteiger partial charge in [0, 0.05) is 12.0 Å². The summed E-state index contributed by atoms with van der Waals surface area (Å²) in [5, 5.41) is 11.8. The molecule has 310 valence electrons. The number of carbonyl (C=O) groups is 3. The summed E-state index contributed by atoms with van der Waals surface area (Å²) in [6.45, 7) is 1.76. The van der Waals surface area contributed by atoms with Crippen LogP contribution in [-0.2, 0) is 46.9 Å². The molecule has 2 fully saturated rings. The summed E-state index contributed by atoms with van der Waals surface area (Å²) in [4.78, 5) is 39.2. The number of hydrogen-bond acceptors (Lipinski definition) is 12. The maximum atomic E-state index is 13.2. The Labute approximate surface area is 338 Å². The fourth-order valence-electron chi connectivity index (χ4n) is 5.33. The van der Waals surface area contributed by atoms with E-state index in [0.29, 0.717) is 14.6 Å². The molecular weight excluding hydrogens is 817 g/mol. The molecule has 0 unspecified atom stereocenters. The number of esters is 2. The fourth-order valence-corrected chi connectivity index (χ4v) is 6.75. The number of carbonyl (C=O) groups excluding carboxylic acids is 3. The molecule has 19 heteroatoms. The molecule has 0 aliphatic heterocycles. The summed E-state index contributed by atoms with van der Waals surface area (Å²) in [6, 6.07) is 8.14. The summed E-state index contributed by atoms with van der Waals surface area (Å²) >= 11 is 12.6. The Bertz CT molecular complexity index is 2050. The smallest absolute Gasteiger partial charge is 0.429 e. The van der Waals surface area contributed by atoms with E-state index in [9.17, 15) is 36.8 Å². The van der Waals surface area contributed by atoms with E-state index in [0.717, 1.165) is 44.3 Å². The zero-order valence-electron chi connectivity index (χ0n) is 31.5. The van der Waals surface area contributed by atoms with Gasteiger partial charge in [-0.25, -0.2) is 13.2 Å². The first-order valence-corrected chi connectivity index (χ1v) is 20.5. The number of sulfonamides is 1. The quantitative estimate of drug-likeness (QED) is 0.0407. The van der Waals surface area contributed by atoms with Gasteiger partial charge in [0.05, 0.1) is 19.5 Å². The summed E-state index contributed by atoms with van der Waals surface area (Å²) in [7, 11) is -4.19. The highest BCUT2D eigenvalue weighted by atomic mass is 35.5. The van der Waals surface area contributed by atoms with E-state index >= 15 is 0 Å². The molecule has 0 N–H and O–H groups in total. The Morgan fingerprint density at radius 1 is 0.912 bits per heavy atom. The van der Waals surface area contributed by atoms with Gasteiger partial charge >= 0.3 is 24.6 Å². The number of anilines is 1. The lowest BCUT2D eigenvalue weighted by molar-refractivity contribution is -0.605. The number of alkyl halides is 2.